The minimum absolute atomic E-state index is 0.00684. The van der Waals surface area contributed by atoms with Crippen molar-refractivity contribution in [3.05, 3.63) is 65.7 Å². The average Bonchev–Trinajstić information content (AvgIpc) is 3.11. The molecule has 2 N–H and O–H groups in total. The minimum Gasteiger partial charge on any atom is -0.355 e. The Bertz CT molecular complexity index is 846. The second kappa shape index (κ2) is 8.67. The second-order valence-corrected chi connectivity index (χ2v) is 7.43. The zero-order valence-corrected chi connectivity index (χ0v) is 15.7. The van der Waals surface area contributed by atoms with Gasteiger partial charge < -0.3 is 5.32 Å². The van der Waals surface area contributed by atoms with Gasteiger partial charge >= 0.3 is 0 Å². The van der Waals surface area contributed by atoms with E-state index >= 15 is 0 Å². The van der Waals surface area contributed by atoms with Crippen LogP contribution in [0, 0.1) is 6.92 Å². The average molecular weight is 366 g/mol. The Labute approximate surface area is 157 Å². The maximum absolute atomic E-state index is 12.3. The van der Waals surface area contributed by atoms with Gasteiger partial charge in [-0.15, -0.1) is 5.10 Å². The Morgan fingerprint density at radius 2 is 1.88 bits per heavy atom. The van der Waals surface area contributed by atoms with Crippen LogP contribution in [0.15, 0.2) is 59.8 Å². The zero-order chi connectivity index (χ0) is 18.4. The summed E-state index contributed by atoms with van der Waals surface area (Å²) >= 11 is 1.35. The second-order valence-electron chi connectivity index (χ2n) is 6.12. The molecule has 134 valence electrons. The molecule has 1 atom stereocenters. The molecule has 1 amide bonds. The molecule has 0 unspecified atom stereocenters. The Morgan fingerprint density at radius 3 is 2.62 bits per heavy atom. The van der Waals surface area contributed by atoms with Gasteiger partial charge in [0.1, 0.15) is 0 Å². The number of H-pyrrole nitrogens is 1. The molecule has 0 radical (unpaired) electrons. The fourth-order valence-corrected chi connectivity index (χ4v) is 3.22. The Balaban J connectivity index is 1.50. The van der Waals surface area contributed by atoms with Crippen LogP contribution in [0.5, 0.6) is 0 Å². The summed E-state index contributed by atoms with van der Waals surface area (Å²) in [4.78, 5) is 16.7. The molecule has 1 aromatic heterocycles. The lowest BCUT2D eigenvalue weighted by Gasteiger charge is -2.10. The van der Waals surface area contributed by atoms with Crippen molar-refractivity contribution in [1.29, 1.82) is 0 Å². The topological polar surface area (TPSA) is 70.7 Å². The predicted molar refractivity (Wildman–Crippen MR) is 105 cm³/mol. The smallest absolute Gasteiger partial charge is 0.233 e. The van der Waals surface area contributed by atoms with Crippen LogP contribution >= 0.6 is 11.8 Å². The third kappa shape index (κ3) is 4.95. The summed E-state index contributed by atoms with van der Waals surface area (Å²) in [6.07, 6.45) is 0.822. The normalized spacial score (nSPS) is 11.9. The van der Waals surface area contributed by atoms with Crippen molar-refractivity contribution >= 4 is 17.7 Å². The van der Waals surface area contributed by atoms with Gasteiger partial charge in [-0.3, -0.25) is 9.89 Å². The molecule has 3 aromatic rings. The van der Waals surface area contributed by atoms with Crippen molar-refractivity contribution in [3.8, 4) is 11.4 Å². The maximum atomic E-state index is 12.3. The van der Waals surface area contributed by atoms with Gasteiger partial charge in [-0.2, -0.15) is 0 Å². The Morgan fingerprint density at radius 1 is 1.15 bits per heavy atom. The number of carbonyl (C=O) groups is 1. The van der Waals surface area contributed by atoms with Crippen LogP contribution in [0.2, 0.25) is 0 Å². The van der Waals surface area contributed by atoms with Crippen molar-refractivity contribution in [3.63, 3.8) is 0 Å². The van der Waals surface area contributed by atoms with Crippen LogP contribution in [0.25, 0.3) is 11.4 Å². The van der Waals surface area contributed by atoms with Crippen LogP contribution in [0.1, 0.15) is 18.1 Å². The Kier molecular flexibility index (Phi) is 6.07. The van der Waals surface area contributed by atoms with E-state index in [-0.39, 0.29) is 11.2 Å². The quantitative estimate of drug-likeness (QED) is 0.627. The highest BCUT2D eigenvalue weighted by Gasteiger charge is 2.17. The van der Waals surface area contributed by atoms with Gasteiger partial charge in [-0.25, -0.2) is 4.98 Å². The molecule has 0 aliphatic heterocycles. The van der Waals surface area contributed by atoms with E-state index in [1.807, 2.05) is 56.3 Å². The van der Waals surface area contributed by atoms with Gasteiger partial charge in [0.05, 0.1) is 5.25 Å². The molecule has 0 saturated carbocycles. The summed E-state index contributed by atoms with van der Waals surface area (Å²) in [5, 5.41) is 10.4. The van der Waals surface area contributed by atoms with E-state index in [4.69, 9.17) is 0 Å². The summed E-state index contributed by atoms with van der Waals surface area (Å²) in [6, 6.07) is 18.2. The summed E-state index contributed by atoms with van der Waals surface area (Å²) in [6.45, 7) is 4.53. The molecule has 0 saturated heterocycles. The lowest BCUT2D eigenvalue weighted by molar-refractivity contribution is -0.120. The first-order chi connectivity index (χ1) is 12.6. The summed E-state index contributed by atoms with van der Waals surface area (Å²) in [5.74, 6) is 0.705. The molecule has 0 aliphatic carbocycles. The third-order valence-electron chi connectivity index (χ3n) is 4.00. The van der Waals surface area contributed by atoms with Crippen LogP contribution < -0.4 is 5.32 Å². The van der Waals surface area contributed by atoms with E-state index in [0.717, 1.165) is 12.0 Å². The number of hydrogen-bond donors (Lipinski definition) is 2. The summed E-state index contributed by atoms with van der Waals surface area (Å²) < 4.78 is 0. The molecular formula is C20H22N4OS. The standard InChI is InChI=1S/C20H22N4OS/c1-14-8-10-17(11-9-14)18-22-20(24-23-18)26-15(2)19(25)21-13-12-16-6-4-3-5-7-16/h3-11,15H,12-13H2,1-2H3,(H,21,25)(H,22,23,24)/t15-/m1/s1. The van der Waals surface area contributed by atoms with Crippen LogP contribution in [-0.2, 0) is 11.2 Å². The van der Waals surface area contributed by atoms with E-state index in [1.165, 1.54) is 22.9 Å². The highest BCUT2D eigenvalue weighted by Crippen LogP contribution is 2.22. The van der Waals surface area contributed by atoms with Crippen LogP contribution in [-0.4, -0.2) is 32.9 Å². The fourth-order valence-electron chi connectivity index (χ4n) is 2.47. The van der Waals surface area contributed by atoms with E-state index in [0.29, 0.717) is 17.5 Å². The molecule has 0 bridgehead atoms. The van der Waals surface area contributed by atoms with E-state index < -0.39 is 0 Å². The highest BCUT2D eigenvalue weighted by atomic mass is 32.2. The summed E-state index contributed by atoms with van der Waals surface area (Å²) in [7, 11) is 0. The molecule has 0 aliphatic rings. The molecule has 26 heavy (non-hydrogen) atoms. The van der Waals surface area contributed by atoms with Gasteiger partial charge in [-0.1, -0.05) is 71.9 Å². The first-order valence-corrected chi connectivity index (χ1v) is 9.47. The van der Waals surface area contributed by atoms with Gasteiger partial charge in [-0.05, 0) is 25.8 Å². The Hall–Kier alpha value is -2.60. The maximum Gasteiger partial charge on any atom is 0.233 e. The molecule has 0 spiro atoms. The van der Waals surface area contributed by atoms with E-state index in [2.05, 4.69) is 32.6 Å². The fraction of sp³-hybridized carbons (Fsp3) is 0.250. The molecular weight excluding hydrogens is 344 g/mol. The van der Waals surface area contributed by atoms with E-state index in [1.54, 1.807) is 0 Å². The molecule has 2 aromatic carbocycles. The number of rotatable bonds is 7. The van der Waals surface area contributed by atoms with Crippen molar-refractivity contribution < 1.29 is 4.79 Å². The zero-order valence-electron chi connectivity index (χ0n) is 14.9. The number of carbonyl (C=O) groups excluding carboxylic acids is 1. The number of aryl methyl sites for hydroxylation is 1. The van der Waals surface area contributed by atoms with Crippen molar-refractivity contribution in [2.24, 2.45) is 0 Å². The summed E-state index contributed by atoms with van der Waals surface area (Å²) in [5.41, 5.74) is 3.39. The van der Waals surface area contributed by atoms with Gasteiger partial charge in [0.15, 0.2) is 5.82 Å². The molecule has 0 fully saturated rings. The monoisotopic (exact) mass is 366 g/mol. The number of hydrogen-bond acceptors (Lipinski definition) is 4. The number of thioether (sulfide) groups is 1. The first-order valence-electron chi connectivity index (χ1n) is 8.59. The molecule has 1 heterocycles. The molecule has 5 nitrogen and oxygen atoms in total. The van der Waals surface area contributed by atoms with Crippen LogP contribution in [0.3, 0.4) is 0 Å². The lowest BCUT2D eigenvalue weighted by atomic mass is 10.1. The van der Waals surface area contributed by atoms with Crippen LogP contribution in [0.4, 0.5) is 0 Å². The largest absolute Gasteiger partial charge is 0.355 e. The number of benzene rings is 2. The van der Waals surface area contributed by atoms with Gasteiger partial charge in [0.2, 0.25) is 11.1 Å². The number of aromatic amines is 1. The van der Waals surface area contributed by atoms with E-state index in [9.17, 15) is 4.79 Å². The van der Waals surface area contributed by atoms with Crippen molar-refractivity contribution in [2.45, 2.75) is 30.7 Å². The van der Waals surface area contributed by atoms with Crippen molar-refractivity contribution in [1.82, 2.24) is 20.5 Å². The number of aromatic nitrogens is 3. The van der Waals surface area contributed by atoms with Gasteiger partial charge in [0.25, 0.3) is 0 Å². The number of amides is 1. The minimum atomic E-state index is -0.257. The number of nitrogens with one attached hydrogen (secondary N) is 2. The predicted octanol–water partition coefficient (Wildman–Crippen LogP) is 3.62. The molecule has 6 heteroatoms. The first kappa shape index (κ1) is 18.2. The van der Waals surface area contributed by atoms with Gasteiger partial charge in [0, 0.05) is 12.1 Å². The lowest BCUT2D eigenvalue weighted by Crippen LogP contribution is -2.32. The molecule has 3 rings (SSSR count). The number of nitrogens with zero attached hydrogens (tertiary/aromatic N) is 2. The van der Waals surface area contributed by atoms with Crippen molar-refractivity contribution in [2.75, 3.05) is 6.54 Å². The SMILES string of the molecule is Cc1ccc(-c2nc(S[C@H](C)C(=O)NCCc3ccccc3)n[nH]2)cc1. The highest BCUT2D eigenvalue weighted by molar-refractivity contribution is 8.00. The third-order valence-corrected chi connectivity index (χ3v) is 4.96.